The summed E-state index contributed by atoms with van der Waals surface area (Å²) in [6.07, 6.45) is 7.63. The number of carbonyl (C=O) groups is 1. The summed E-state index contributed by atoms with van der Waals surface area (Å²) in [6, 6.07) is 2.06. The van der Waals surface area contributed by atoms with E-state index < -0.39 is 5.63 Å². The summed E-state index contributed by atoms with van der Waals surface area (Å²) < 4.78 is 5.48. The molecule has 1 aliphatic heterocycles. The van der Waals surface area contributed by atoms with Crippen molar-refractivity contribution in [1.82, 2.24) is 10.6 Å². The van der Waals surface area contributed by atoms with Gasteiger partial charge in [-0.25, -0.2) is 4.79 Å². The Balaban J connectivity index is 0.00000208. The van der Waals surface area contributed by atoms with Gasteiger partial charge in [0.25, 0.3) is 5.91 Å². The van der Waals surface area contributed by atoms with Crippen LogP contribution in [0.25, 0.3) is 0 Å². The molecular formula is C18H27ClN2O3. The highest BCUT2D eigenvalue weighted by Gasteiger charge is 2.24. The molecule has 2 heterocycles. The smallest absolute Gasteiger partial charge is 0.349 e. The average molecular weight is 355 g/mol. The molecule has 0 radical (unpaired) electrons. The number of piperidine rings is 1. The number of carbonyl (C=O) groups excluding carboxylic acids is 1. The lowest BCUT2D eigenvalue weighted by Crippen LogP contribution is -2.39. The molecule has 0 aromatic carbocycles. The van der Waals surface area contributed by atoms with Crippen LogP contribution >= 0.6 is 12.4 Å². The van der Waals surface area contributed by atoms with Gasteiger partial charge in [0.05, 0.1) is 0 Å². The first-order valence-corrected chi connectivity index (χ1v) is 8.81. The van der Waals surface area contributed by atoms with Gasteiger partial charge in [-0.3, -0.25) is 4.79 Å². The number of halogens is 1. The van der Waals surface area contributed by atoms with Gasteiger partial charge in [-0.1, -0.05) is 19.3 Å². The maximum atomic E-state index is 12.5. The Kier molecular flexibility index (Phi) is 6.87. The molecule has 1 aromatic rings. The maximum Gasteiger partial charge on any atom is 0.349 e. The number of hydrogen-bond acceptors (Lipinski definition) is 4. The highest BCUT2D eigenvalue weighted by atomic mass is 35.5. The standard InChI is InChI=1S/C18H26N2O3.ClH/c1-12-10-15(13-6-5-9-19-11-13)23-18(22)16(12)17(21)20-14-7-3-2-4-8-14;/h10,13-14,19H,2-9,11H2,1H3,(H,20,21);1H. The van der Waals surface area contributed by atoms with Crippen molar-refractivity contribution in [2.45, 2.75) is 63.8 Å². The van der Waals surface area contributed by atoms with E-state index in [0.717, 1.165) is 57.2 Å². The Morgan fingerprint density at radius 3 is 2.58 bits per heavy atom. The second kappa shape index (κ2) is 8.67. The summed E-state index contributed by atoms with van der Waals surface area (Å²) in [5.41, 5.74) is 0.386. The third kappa shape index (κ3) is 4.39. The van der Waals surface area contributed by atoms with Crippen LogP contribution < -0.4 is 16.3 Å². The molecule has 5 nitrogen and oxygen atoms in total. The fraction of sp³-hybridized carbons (Fsp3) is 0.667. The molecule has 1 saturated carbocycles. The van der Waals surface area contributed by atoms with Gasteiger partial charge in [0.2, 0.25) is 0 Å². The SMILES string of the molecule is Cc1cc(C2CCCNC2)oc(=O)c1C(=O)NC1CCCCC1.Cl. The van der Waals surface area contributed by atoms with Gasteiger partial charge >= 0.3 is 5.63 Å². The fourth-order valence-electron chi connectivity index (χ4n) is 3.71. The lowest BCUT2D eigenvalue weighted by molar-refractivity contribution is 0.0922. The molecule has 1 aromatic heterocycles. The van der Waals surface area contributed by atoms with Crippen LogP contribution in [-0.4, -0.2) is 25.0 Å². The van der Waals surface area contributed by atoms with E-state index in [4.69, 9.17) is 4.42 Å². The van der Waals surface area contributed by atoms with Gasteiger partial charge in [0.1, 0.15) is 11.3 Å². The van der Waals surface area contributed by atoms with Crippen LogP contribution in [0.5, 0.6) is 0 Å². The molecule has 24 heavy (non-hydrogen) atoms. The van der Waals surface area contributed by atoms with Crippen molar-refractivity contribution in [3.63, 3.8) is 0 Å². The van der Waals surface area contributed by atoms with Crippen LogP contribution in [0.4, 0.5) is 0 Å². The molecular weight excluding hydrogens is 328 g/mol. The Bertz CT molecular complexity index is 617. The average Bonchev–Trinajstić information content (AvgIpc) is 2.56. The van der Waals surface area contributed by atoms with E-state index in [2.05, 4.69) is 10.6 Å². The van der Waals surface area contributed by atoms with Crippen molar-refractivity contribution in [1.29, 1.82) is 0 Å². The highest BCUT2D eigenvalue weighted by Crippen LogP contribution is 2.24. The molecule has 0 bridgehead atoms. The third-order valence-electron chi connectivity index (χ3n) is 5.03. The minimum atomic E-state index is -0.501. The molecule has 1 saturated heterocycles. The quantitative estimate of drug-likeness (QED) is 0.875. The molecule has 2 fully saturated rings. The van der Waals surface area contributed by atoms with Crippen LogP contribution in [0, 0.1) is 6.92 Å². The van der Waals surface area contributed by atoms with Crippen molar-refractivity contribution < 1.29 is 9.21 Å². The summed E-state index contributed by atoms with van der Waals surface area (Å²) in [5.74, 6) is 0.649. The van der Waals surface area contributed by atoms with Gasteiger partial charge < -0.3 is 15.1 Å². The number of aryl methyl sites for hydroxylation is 1. The predicted molar refractivity (Wildman–Crippen MR) is 96.1 cm³/mol. The number of rotatable bonds is 3. The van der Waals surface area contributed by atoms with Crippen LogP contribution in [0.1, 0.15) is 72.5 Å². The van der Waals surface area contributed by atoms with E-state index in [9.17, 15) is 9.59 Å². The van der Waals surface area contributed by atoms with Crippen molar-refractivity contribution in [2.75, 3.05) is 13.1 Å². The molecule has 1 unspecified atom stereocenters. The van der Waals surface area contributed by atoms with Crippen molar-refractivity contribution in [3.8, 4) is 0 Å². The molecule has 1 amide bonds. The molecule has 2 N–H and O–H groups in total. The fourth-order valence-corrected chi connectivity index (χ4v) is 3.71. The highest BCUT2D eigenvalue weighted by molar-refractivity contribution is 5.95. The van der Waals surface area contributed by atoms with E-state index in [1.54, 1.807) is 0 Å². The molecule has 3 rings (SSSR count). The Hall–Kier alpha value is -1.33. The molecule has 1 atom stereocenters. The van der Waals surface area contributed by atoms with Crippen LogP contribution in [-0.2, 0) is 0 Å². The zero-order valence-electron chi connectivity index (χ0n) is 14.2. The molecule has 134 valence electrons. The van der Waals surface area contributed by atoms with Crippen LogP contribution in [0.2, 0.25) is 0 Å². The topological polar surface area (TPSA) is 71.3 Å². The molecule has 0 spiro atoms. The second-order valence-electron chi connectivity index (χ2n) is 6.85. The van der Waals surface area contributed by atoms with Crippen LogP contribution in [0.3, 0.4) is 0 Å². The van der Waals surface area contributed by atoms with Gasteiger partial charge in [0, 0.05) is 18.5 Å². The van der Waals surface area contributed by atoms with E-state index in [1.165, 1.54) is 6.42 Å². The zero-order chi connectivity index (χ0) is 16.2. The number of amides is 1. The van der Waals surface area contributed by atoms with Crippen molar-refractivity contribution >= 4 is 18.3 Å². The minimum Gasteiger partial charge on any atom is -0.427 e. The Morgan fingerprint density at radius 1 is 1.21 bits per heavy atom. The first-order chi connectivity index (χ1) is 11.1. The van der Waals surface area contributed by atoms with E-state index >= 15 is 0 Å². The largest absolute Gasteiger partial charge is 0.427 e. The lowest BCUT2D eigenvalue weighted by Gasteiger charge is -2.24. The van der Waals surface area contributed by atoms with Crippen molar-refractivity contribution in [2.24, 2.45) is 0 Å². The summed E-state index contributed by atoms with van der Waals surface area (Å²) in [4.78, 5) is 24.8. The zero-order valence-corrected chi connectivity index (χ0v) is 15.0. The van der Waals surface area contributed by atoms with Gasteiger partial charge in [-0.05, 0) is 50.8 Å². The van der Waals surface area contributed by atoms with Gasteiger partial charge in [-0.15, -0.1) is 12.4 Å². The van der Waals surface area contributed by atoms with E-state index in [-0.39, 0.29) is 35.8 Å². The Labute approximate surface area is 149 Å². The molecule has 1 aliphatic carbocycles. The second-order valence-corrected chi connectivity index (χ2v) is 6.85. The normalized spacial score (nSPS) is 21.8. The summed E-state index contributed by atoms with van der Waals surface area (Å²) >= 11 is 0. The first kappa shape index (κ1) is 19.0. The molecule has 2 aliphatic rings. The Morgan fingerprint density at radius 2 is 1.96 bits per heavy atom. The van der Waals surface area contributed by atoms with E-state index in [0.29, 0.717) is 5.76 Å². The number of nitrogens with one attached hydrogen (secondary N) is 2. The lowest BCUT2D eigenvalue weighted by atomic mass is 9.94. The third-order valence-corrected chi connectivity index (χ3v) is 5.03. The summed E-state index contributed by atoms with van der Waals surface area (Å²) in [7, 11) is 0. The summed E-state index contributed by atoms with van der Waals surface area (Å²) in [6.45, 7) is 3.67. The van der Waals surface area contributed by atoms with Gasteiger partial charge in [-0.2, -0.15) is 0 Å². The van der Waals surface area contributed by atoms with E-state index in [1.807, 2.05) is 13.0 Å². The van der Waals surface area contributed by atoms with Crippen LogP contribution in [0.15, 0.2) is 15.3 Å². The monoisotopic (exact) mass is 354 g/mol. The minimum absolute atomic E-state index is 0. The maximum absolute atomic E-state index is 12.5. The van der Waals surface area contributed by atoms with Gasteiger partial charge in [0.15, 0.2) is 0 Å². The molecule has 6 heteroatoms. The number of hydrogen-bond donors (Lipinski definition) is 2. The first-order valence-electron chi connectivity index (χ1n) is 8.81. The summed E-state index contributed by atoms with van der Waals surface area (Å²) in [5, 5.41) is 6.33. The van der Waals surface area contributed by atoms with Crippen molar-refractivity contribution in [3.05, 3.63) is 33.4 Å². The predicted octanol–water partition coefficient (Wildman–Crippen LogP) is 2.90.